The second-order valence-corrected chi connectivity index (χ2v) is 17.0. The number of aliphatic imine (C=N–C) groups is 1. The molecule has 0 spiro atoms. The second kappa shape index (κ2) is 13.5. The molecule has 5 aliphatic rings. The first kappa shape index (κ1) is 36.6. The molecule has 4 atom stereocenters. The molecule has 0 aliphatic carbocycles. The molecule has 15 heteroatoms. The highest BCUT2D eigenvalue weighted by Gasteiger charge is 2.50. The van der Waals surface area contributed by atoms with Crippen LogP contribution in [-0.2, 0) is 22.7 Å². The first-order valence-electron chi connectivity index (χ1n) is 19.4. The number of likely N-dealkylation sites (tertiary alicyclic amines) is 1. The largest absolute Gasteiger partial charge is 0.461 e. The van der Waals surface area contributed by atoms with E-state index in [1.54, 1.807) is 34.3 Å². The van der Waals surface area contributed by atoms with Crippen LogP contribution < -0.4 is 9.64 Å². The fraction of sp³-hybridized carbons (Fsp3) is 0.537. The third kappa shape index (κ3) is 6.08. The zero-order valence-electron chi connectivity index (χ0n) is 32.4. The highest BCUT2D eigenvalue weighted by molar-refractivity contribution is 6.05. The molecule has 2 unspecified atom stereocenters. The van der Waals surface area contributed by atoms with Gasteiger partial charge >= 0.3 is 12.1 Å². The molecule has 9 rings (SSSR count). The zero-order chi connectivity index (χ0) is 39.1. The molecular formula is C41H46F2N8O5. The van der Waals surface area contributed by atoms with E-state index in [1.165, 1.54) is 0 Å². The third-order valence-electron chi connectivity index (χ3n) is 11.9. The number of furan rings is 1. The Morgan fingerprint density at radius 1 is 1.14 bits per heavy atom. The molecule has 4 saturated heterocycles. The number of rotatable bonds is 7. The number of carbonyl (C=O) groups is 1. The molecular weight excluding hydrogens is 722 g/mol. The maximum absolute atomic E-state index is 17.8. The van der Waals surface area contributed by atoms with Gasteiger partial charge in [0.05, 0.1) is 30.5 Å². The molecule has 56 heavy (non-hydrogen) atoms. The summed E-state index contributed by atoms with van der Waals surface area (Å²) < 4.78 is 56.9. The quantitative estimate of drug-likeness (QED) is 0.145. The molecule has 7 heterocycles. The fourth-order valence-corrected chi connectivity index (χ4v) is 9.60. The number of aromatic nitrogens is 2. The Bertz CT molecular complexity index is 2300. The molecule has 4 aromatic rings. The molecule has 1 amide bonds. The van der Waals surface area contributed by atoms with Crippen molar-refractivity contribution >= 4 is 46.0 Å². The van der Waals surface area contributed by atoms with E-state index in [1.807, 2.05) is 34.9 Å². The SMILES string of the molecule is CN(C)/C=N/c1oc2cccc(-c3c4c(c5c(N6C7CCC6CN(C(=O)OC(C)(C)C)C7)nc(OC[C@@]67CCCN6C[C@H](F)C7)nc5c3F)COC4)c2c1C#N. The molecule has 0 saturated carbocycles. The monoisotopic (exact) mass is 768 g/mol. The predicted octanol–water partition coefficient (Wildman–Crippen LogP) is 6.85. The summed E-state index contributed by atoms with van der Waals surface area (Å²) in [5.74, 6) is 0.0595. The standard InChI is InChI=1S/C41H46F2N8O5/c1-40(2,3)56-39(52)49-17-24-10-11-25(18-49)51(24)36-33-29-20-53-19-28(29)32(26-8-6-9-30-31(26)27(15-44)37(55-30)45-22-48(4)5)34(43)35(33)46-38(47-36)54-21-41-12-7-13-50(41)16-23(42)14-41/h6,8-9,22-25H,7,10-14,16-21H2,1-5H3/b45-22+/t23-,24?,25?,41+/m1/s1. The summed E-state index contributed by atoms with van der Waals surface area (Å²) in [6, 6.07) is 7.30. The van der Waals surface area contributed by atoms with Crippen molar-refractivity contribution in [3.05, 3.63) is 40.7 Å². The van der Waals surface area contributed by atoms with Crippen LogP contribution in [0.25, 0.3) is 33.0 Å². The van der Waals surface area contributed by atoms with E-state index in [0.717, 1.165) is 37.8 Å². The van der Waals surface area contributed by atoms with E-state index >= 15 is 4.39 Å². The average Bonchev–Trinajstić information content (AvgIpc) is 3.96. The Hall–Kier alpha value is -5.07. The van der Waals surface area contributed by atoms with Crippen LogP contribution in [0.1, 0.15) is 69.6 Å². The first-order valence-corrected chi connectivity index (χ1v) is 19.4. The summed E-state index contributed by atoms with van der Waals surface area (Å²) in [5, 5.41) is 11.3. The van der Waals surface area contributed by atoms with Crippen LogP contribution in [0.15, 0.2) is 27.6 Å². The van der Waals surface area contributed by atoms with Gasteiger partial charge in [0.1, 0.15) is 46.9 Å². The normalized spacial score (nSPS) is 24.7. The van der Waals surface area contributed by atoms with Crippen LogP contribution in [0.5, 0.6) is 6.01 Å². The van der Waals surface area contributed by atoms with Crippen molar-refractivity contribution in [1.29, 1.82) is 5.26 Å². The maximum Gasteiger partial charge on any atom is 0.410 e. The van der Waals surface area contributed by atoms with Gasteiger partial charge in [-0.2, -0.15) is 15.2 Å². The van der Waals surface area contributed by atoms with Gasteiger partial charge < -0.3 is 33.3 Å². The lowest BCUT2D eigenvalue weighted by Gasteiger charge is -2.42. The zero-order valence-corrected chi connectivity index (χ0v) is 32.4. The second-order valence-electron chi connectivity index (χ2n) is 17.0. The predicted molar refractivity (Wildman–Crippen MR) is 205 cm³/mol. The van der Waals surface area contributed by atoms with E-state index in [4.69, 9.17) is 28.6 Å². The van der Waals surface area contributed by atoms with Gasteiger partial charge in [0, 0.05) is 63.2 Å². The lowest BCUT2D eigenvalue weighted by atomic mass is 9.90. The van der Waals surface area contributed by atoms with Gasteiger partial charge in [0.15, 0.2) is 5.82 Å². The fourth-order valence-electron chi connectivity index (χ4n) is 9.60. The van der Waals surface area contributed by atoms with Gasteiger partial charge in [-0.05, 0) is 75.8 Å². The Labute approximate surface area is 323 Å². The van der Waals surface area contributed by atoms with Crippen LogP contribution in [0.3, 0.4) is 0 Å². The van der Waals surface area contributed by atoms with Crippen molar-refractivity contribution < 1.29 is 32.2 Å². The Morgan fingerprint density at radius 3 is 2.64 bits per heavy atom. The smallest absolute Gasteiger partial charge is 0.410 e. The van der Waals surface area contributed by atoms with Gasteiger partial charge in [-0.3, -0.25) is 4.90 Å². The number of piperazine rings is 1. The Morgan fingerprint density at radius 2 is 1.91 bits per heavy atom. The molecule has 0 radical (unpaired) electrons. The highest BCUT2D eigenvalue weighted by atomic mass is 19.1. The van der Waals surface area contributed by atoms with Crippen molar-refractivity contribution in [1.82, 2.24) is 24.7 Å². The third-order valence-corrected chi connectivity index (χ3v) is 11.9. The number of amides is 1. The number of ether oxygens (including phenoxy) is 3. The van der Waals surface area contributed by atoms with Crippen molar-refractivity contribution in [2.45, 2.75) is 95.5 Å². The van der Waals surface area contributed by atoms with Crippen LogP contribution in [0, 0.1) is 17.1 Å². The topological polar surface area (TPSA) is 133 Å². The molecule has 2 aromatic carbocycles. The molecule has 294 valence electrons. The van der Waals surface area contributed by atoms with Gasteiger partial charge in [0.25, 0.3) is 0 Å². The van der Waals surface area contributed by atoms with E-state index in [-0.39, 0.29) is 66.5 Å². The summed E-state index contributed by atoms with van der Waals surface area (Å²) in [7, 11) is 3.62. The van der Waals surface area contributed by atoms with Crippen LogP contribution >= 0.6 is 0 Å². The lowest BCUT2D eigenvalue weighted by molar-refractivity contribution is 0.0209. The summed E-state index contributed by atoms with van der Waals surface area (Å²) in [6.07, 6.45) is 3.96. The Balaban J connectivity index is 1.21. The van der Waals surface area contributed by atoms with Gasteiger partial charge in [-0.25, -0.2) is 18.6 Å². The van der Waals surface area contributed by atoms with Crippen molar-refractivity contribution in [3.8, 4) is 23.2 Å². The molecule has 13 nitrogen and oxygen atoms in total. The van der Waals surface area contributed by atoms with Gasteiger partial charge in [0.2, 0.25) is 5.88 Å². The van der Waals surface area contributed by atoms with Crippen molar-refractivity contribution in [2.75, 3.05) is 51.8 Å². The molecule has 5 aliphatic heterocycles. The summed E-state index contributed by atoms with van der Waals surface area (Å²) >= 11 is 0. The van der Waals surface area contributed by atoms with E-state index < -0.39 is 23.1 Å². The Kier molecular flexibility index (Phi) is 8.85. The molecule has 4 fully saturated rings. The van der Waals surface area contributed by atoms with Gasteiger partial charge in [-0.1, -0.05) is 12.1 Å². The van der Waals surface area contributed by atoms with Crippen LogP contribution in [0.2, 0.25) is 0 Å². The van der Waals surface area contributed by atoms with E-state index in [0.29, 0.717) is 59.4 Å². The molecule has 0 N–H and O–H groups in total. The minimum absolute atomic E-state index is 0.00765. The van der Waals surface area contributed by atoms with E-state index in [2.05, 4.69) is 20.9 Å². The van der Waals surface area contributed by atoms with Crippen LogP contribution in [-0.4, -0.2) is 113 Å². The molecule has 2 aromatic heterocycles. The minimum Gasteiger partial charge on any atom is -0.461 e. The summed E-state index contributed by atoms with van der Waals surface area (Å²) in [5.41, 5.74) is 1.68. The van der Waals surface area contributed by atoms with E-state index in [9.17, 15) is 14.4 Å². The molecule has 2 bridgehead atoms. The van der Waals surface area contributed by atoms with Crippen molar-refractivity contribution in [2.24, 2.45) is 4.99 Å². The minimum atomic E-state index is -0.940. The number of nitriles is 1. The highest BCUT2D eigenvalue weighted by Crippen LogP contribution is 2.48. The lowest BCUT2D eigenvalue weighted by Crippen LogP contribution is -2.56. The average molecular weight is 769 g/mol. The van der Waals surface area contributed by atoms with Gasteiger partial charge in [-0.15, -0.1) is 0 Å². The number of carbonyl (C=O) groups excluding carboxylic acids is 1. The number of hydrogen-bond donors (Lipinski definition) is 0. The number of hydrogen-bond acceptors (Lipinski definition) is 11. The van der Waals surface area contributed by atoms with Crippen molar-refractivity contribution in [3.63, 3.8) is 0 Å². The number of benzene rings is 2. The number of alkyl halides is 1. The number of fused-ring (bicyclic) bond motifs is 7. The number of halogens is 2. The first-order chi connectivity index (χ1) is 26.8. The van der Waals surface area contributed by atoms with Crippen LogP contribution in [0.4, 0.5) is 25.3 Å². The summed E-state index contributed by atoms with van der Waals surface area (Å²) in [6.45, 7) is 8.08. The maximum atomic E-state index is 17.8. The number of anilines is 1. The number of nitrogens with zero attached hydrogens (tertiary/aromatic N) is 8. The summed E-state index contributed by atoms with van der Waals surface area (Å²) in [4.78, 5) is 35.4.